The van der Waals surface area contributed by atoms with Crippen molar-refractivity contribution in [1.29, 1.82) is 0 Å². The zero-order valence-electron chi connectivity index (χ0n) is 8.61. The van der Waals surface area contributed by atoms with E-state index >= 15 is 0 Å². The van der Waals surface area contributed by atoms with E-state index in [0.717, 1.165) is 16.3 Å². The number of methoxy groups -OCH3 is 1. The van der Waals surface area contributed by atoms with Crippen molar-refractivity contribution in [2.45, 2.75) is 4.83 Å². The molecule has 0 aliphatic carbocycles. The maximum atomic E-state index is 6.21. The normalized spacial score (nSPS) is 12.4. The van der Waals surface area contributed by atoms with Gasteiger partial charge >= 0.3 is 0 Å². The maximum Gasteiger partial charge on any atom is 0.120 e. The molecule has 0 radical (unpaired) electrons. The van der Waals surface area contributed by atoms with Gasteiger partial charge in [-0.2, -0.15) is 0 Å². The van der Waals surface area contributed by atoms with E-state index < -0.39 is 0 Å². The number of hydrogen-bond acceptors (Lipinski definition) is 2. The fraction of sp³-hybridized carbons (Fsp3) is 0.167. The van der Waals surface area contributed by atoms with Gasteiger partial charge in [0.05, 0.1) is 11.9 Å². The number of rotatable bonds is 3. The lowest BCUT2D eigenvalue weighted by atomic mass is 10.1. The van der Waals surface area contributed by atoms with Crippen molar-refractivity contribution < 1.29 is 4.74 Å². The highest BCUT2D eigenvalue weighted by atomic mass is 79.9. The second-order valence-corrected chi connectivity index (χ2v) is 5.57. The molecule has 0 saturated heterocycles. The summed E-state index contributed by atoms with van der Waals surface area (Å²) in [5, 5.41) is 2.77. The van der Waals surface area contributed by atoms with Crippen molar-refractivity contribution in [2.75, 3.05) is 7.11 Å². The zero-order chi connectivity index (χ0) is 11.5. The van der Waals surface area contributed by atoms with E-state index in [4.69, 9.17) is 16.3 Å². The van der Waals surface area contributed by atoms with Gasteiger partial charge in [-0.1, -0.05) is 39.7 Å². The Balaban J connectivity index is 2.34. The Morgan fingerprint density at radius 3 is 2.75 bits per heavy atom. The van der Waals surface area contributed by atoms with Gasteiger partial charge in [0.1, 0.15) is 5.75 Å². The molecular formula is C12H10BrClOS. The van der Waals surface area contributed by atoms with Crippen molar-refractivity contribution in [3.63, 3.8) is 0 Å². The Morgan fingerprint density at radius 1 is 1.38 bits per heavy atom. The van der Waals surface area contributed by atoms with E-state index in [1.165, 1.54) is 4.88 Å². The van der Waals surface area contributed by atoms with E-state index in [1.54, 1.807) is 18.4 Å². The molecular weight excluding hydrogens is 308 g/mol. The van der Waals surface area contributed by atoms with Gasteiger partial charge < -0.3 is 4.74 Å². The Labute approximate surface area is 112 Å². The van der Waals surface area contributed by atoms with Gasteiger partial charge in [-0.15, -0.1) is 11.3 Å². The second kappa shape index (κ2) is 5.21. The summed E-state index contributed by atoms with van der Waals surface area (Å²) in [6.45, 7) is 0. The third-order valence-electron chi connectivity index (χ3n) is 2.27. The highest BCUT2D eigenvalue weighted by Crippen LogP contribution is 2.38. The van der Waals surface area contributed by atoms with E-state index in [0.29, 0.717) is 0 Å². The van der Waals surface area contributed by atoms with Gasteiger partial charge in [-0.05, 0) is 29.1 Å². The summed E-state index contributed by atoms with van der Waals surface area (Å²) in [6.07, 6.45) is 0. The predicted octanol–water partition coefficient (Wildman–Crippen LogP) is 4.89. The Hall–Kier alpha value is -0.510. The molecule has 0 spiro atoms. The molecule has 0 saturated carbocycles. The van der Waals surface area contributed by atoms with Crippen LogP contribution in [0.2, 0.25) is 5.02 Å². The molecule has 0 N–H and O–H groups in total. The molecule has 0 aliphatic heterocycles. The molecule has 2 aromatic rings. The summed E-state index contributed by atoms with van der Waals surface area (Å²) in [7, 11) is 1.64. The molecule has 1 nitrogen and oxygen atoms in total. The molecule has 0 amide bonds. The van der Waals surface area contributed by atoms with Gasteiger partial charge in [-0.25, -0.2) is 0 Å². The smallest absolute Gasteiger partial charge is 0.120 e. The highest BCUT2D eigenvalue weighted by molar-refractivity contribution is 9.09. The average molecular weight is 318 g/mol. The summed E-state index contributed by atoms with van der Waals surface area (Å²) < 4.78 is 5.12. The Bertz CT molecular complexity index is 470. The SMILES string of the molecule is COc1ccc(C(Br)c2cccs2)c(Cl)c1. The molecule has 1 unspecified atom stereocenters. The largest absolute Gasteiger partial charge is 0.497 e. The fourth-order valence-corrected chi connectivity index (χ4v) is 3.43. The second-order valence-electron chi connectivity index (χ2n) is 3.27. The van der Waals surface area contributed by atoms with Crippen molar-refractivity contribution in [3.8, 4) is 5.75 Å². The van der Waals surface area contributed by atoms with Gasteiger partial charge in [0.25, 0.3) is 0 Å². The lowest BCUT2D eigenvalue weighted by molar-refractivity contribution is 0.414. The van der Waals surface area contributed by atoms with Crippen LogP contribution in [-0.4, -0.2) is 7.11 Å². The Morgan fingerprint density at radius 2 is 2.19 bits per heavy atom. The molecule has 84 valence electrons. The van der Waals surface area contributed by atoms with Crippen LogP contribution < -0.4 is 4.74 Å². The van der Waals surface area contributed by atoms with E-state index in [9.17, 15) is 0 Å². The number of halogens is 2. The standard InChI is InChI=1S/C12H10BrClOS/c1-15-8-4-5-9(10(14)7-8)12(13)11-3-2-6-16-11/h2-7,12H,1H3. The summed E-state index contributed by atoms with van der Waals surface area (Å²) in [4.78, 5) is 1.39. The van der Waals surface area contributed by atoms with Crippen LogP contribution in [-0.2, 0) is 0 Å². The lowest BCUT2D eigenvalue weighted by Gasteiger charge is -2.11. The van der Waals surface area contributed by atoms with Gasteiger partial charge in [0.15, 0.2) is 0 Å². The predicted molar refractivity (Wildman–Crippen MR) is 73.1 cm³/mol. The van der Waals surface area contributed by atoms with Crippen LogP contribution in [0.4, 0.5) is 0 Å². The van der Waals surface area contributed by atoms with Crippen LogP contribution in [0.3, 0.4) is 0 Å². The molecule has 0 fully saturated rings. The Kier molecular flexibility index (Phi) is 3.90. The number of alkyl halides is 1. The monoisotopic (exact) mass is 316 g/mol. The molecule has 1 heterocycles. The number of ether oxygens (including phenoxy) is 1. The first-order valence-electron chi connectivity index (χ1n) is 4.73. The first-order valence-corrected chi connectivity index (χ1v) is 6.90. The molecule has 4 heteroatoms. The molecule has 1 aromatic carbocycles. The van der Waals surface area contributed by atoms with Crippen LogP contribution in [0, 0.1) is 0 Å². The summed E-state index contributed by atoms with van der Waals surface area (Å²) in [5.74, 6) is 0.777. The van der Waals surface area contributed by atoms with Gasteiger partial charge in [0, 0.05) is 9.90 Å². The molecule has 1 atom stereocenters. The molecule has 0 aliphatic rings. The quantitative estimate of drug-likeness (QED) is 0.732. The molecule has 1 aromatic heterocycles. The number of benzene rings is 1. The first kappa shape index (κ1) is 12.0. The zero-order valence-corrected chi connectivity index (χ0v) is 11.8. The van der Waals surface area contributed by atoms with Crippen molar-refractivity contribution in [3.05, 3.63) is 51.2 Å². The van der Waals surface area contributed by atoms with Crippen molar-refractivity contribution in [2.24, 2.45) is 0 Å². The van der Waals surface area contributed by atoms with Crippen LogP contribution in [0.25, 0.3) is 0 Å². The van der Waals surface area contributed by atoms with Gasteiger partial charge in [-0.3, -0.25) is 0 Å². The fourth-order valence-electron chi connectivity index (χ4n) is 1.43. The van der Waals surface area contributed by atoms with Crippen LogP contribution >= 0.6 is 38.9 Å². The third kappa shape index (κ3) is 2.42. The summed E-state index contributed by atoms with van der Waals surface area (Å²) in [5.41, 5.74) is 1.06. The van der Waals surface area contributed by atoms with Crippen molar-refractivity contribution in [1.82, 2.24) is 0 Å². The number of thiophene rings is 1. The van der Waals surface area contributed by atoms with Crippen LogP contribution in [0.5, 0.6) is 5.75 Å². The maximum absolute atomic E-state index is 6.21. The molecule has 0 bridgehead atoms. The lowest BCUT2D eigenvalue weighted by Crippen LogP contribution is -1.92. The van der Waals surface area contributed by atoms with Crippen molar-refractivity contribution >= 4 is 38.9 Å². The van der Waals surface area contributed by atoms with E-state index in [1.807, 2.05) is 24.3 Å². The minimum absolute atomic E-state index is 0.144. The topological polar surface area (TPSA) is 9.23 Å². The average Bonchev–Trinajstić information content (AvgIpc) is 2.81. The number of hydrogen-bond donors (Lipinski definition) is 0. The minimum atomic E-state index is 0.144. The molecule has 16 heavy (non-hydrogen) atoms. The summed E-state index contributed by atoms with van der Waals surface area (Å²) in [6, 6.07) is 9.86. The highest BCUT2D eigenvalue weighted by Gasteiger charge is 2.14. The molecule has 2 rings (SSSR count). The third-order valence-corrected chi connectivity index (χ3v) is 4.83. The van der Waals surface area contributed by atoms with E-state index in [-0.39, 0.29) is 4.83 Å². The van der Waals surface area contributed by atoms with Gasteiger partial charge in [0.2, 0.25) is 0 Å². The van der Waals surface area contributed by atoms with Crippen LogP contribution in [0.15, 0.2) is 35.7 Å². The van der Waals surface area contributed by atoms with E-state index in [2.05, 4.69) is 27.4 Å². The first-order chi connectivity index (χ1) is 7.72. The minimum Gasteiger partial charge on any atom is -0.497 e. The summed E-state index contributed by atoms with van der Waals surface area (Å²) >= 11 is 11.6. The van der Waals surface area contributed by atoms with Crippen LogP contribution in [0.1, 0.15) is 15.3 Å².